The zero-order valence-electron chi connectivity index (χ0n) is 12.0. The number of benzene rings is 2. The Morgan fingerprint density at radius 2 is 1.67 bits per heavy atom. The van der Waals surface area contributed by atoms with Gasteiger partial charge in [-0.25, -0.2) is 0 Å². The molecule has 0 saturated heterocycles. The number of rotatable bonds is 5. The minimum Gasteiger partial charge on any atom is -0.487 e. The molecule has 2 unspecified atom stereocenters. The van der Waals surface area contributed by atoms with Crippen LogP contribution in [0.1, 0.15) is 13.3 Å². The van der Waals surface area contributed by atoms with E-state index in [1.165, 1.54) is 5.56 Å². The van der Waals surface area contributed by atoms with E-state index in [-0.39, 0.29) is 11.9 Å². The lowest BCUT2D eigenvalue weighted by molar-refractivity contribution is -0.154. The zero-order chi connectivity index (χ0) is 14.7. The molecule has 1 fully saturated rings. The number of hydrogen-bond donors (Lipinski definition) is 0. The van der Waals surface area contributed by atoms with Crippen molar-refractivity contribution in [3.05, 3.63) is 54.6 Å². The standard InChI is InChI=1S/C18H18O3/c1-2-20-18-16(19)12-17(18)21-15-10-8-14(9-11-15)13-6-4-3-5-7-13/h3-11,17-18H,2,12H2,1H3. The first kappa shape index (κ1) is 13.8. The van der Waals surface area contributed by atoms with Crippen molar-refractivity contribution in [3.63, 3.8) is 0 Å². The van der Waals surface area contributed by atoms with Crippen molar-refractivity contribution >= 4 is 5.78 Å². The summed E-state index contributed by atoms with van der Waals surface area (Å²) in [7, 11) is 0. The van der Waals surface area contributed by atoms with Gasteiger partial charge in [0.1, 0.15) is 11.9 Å². The Bertz CT molecular complexity index is 604. The first-order valence-corrected chi connectivity index (χ1v) is 7.24. The molecule has 3 rings (SSSR count). The smallest absolute Gasteiger partial charge is 0.169 e. The number of Topliss-reactive ketones (excluding diaryl/α,β-unsaturated/α-hetero) is 1. The average molecular weight is 282 g/mol. The molecule has 0 heterocycles. The van der Waals surface area contributed by atoms with Crippen molar-refractivity contribution in [2.24, 2.45) is 0 Å². The maximum Gasteiger partial charge on any atom is 0.169 e. The van der Waals surface area contributed by atoms with E-state index in [0.29, 0.717) is 13.0 Å². The third-order valence-electron chi connectivity index (χ3n) is 3.65. The Morgan fingerprint density at radius 1 is 1.00 bits per heavy atom. The Hall–Kier alpha value is -2.13. The van der Waals surface area contributed by atoms with Crippen LogP contribution in [0.15, 0.2) is 54.6 Å². The van der Waals surface area contributed by atoms with Crippen LogP contribution < -0.4 is 4.74 Å². The van der Waals surface area contributed by atoms with E-state index in [9.17, 15) is 4.79 Å². The van der Waals surface area contributed by atoms with Crippen LogP contribution in [0.2, 0.25) is 0 Å². The molecule has 1 aliphatic rings. The van der Waals surface area contributed by atoms with Crippen LogP contribution in [-0.4, -0.2) is 24.6 Å². The molecule has 0 radical (unpaired) electrons. The number of ketones is 1. The highest BCUT2D eigenvalue weighted by molar-refractivity contribution is 5.90. The molecule has 1 saturated carbocycles. The second-order valence-corrected chi connectivity index (χ2v) is 5.09. The molecule has 108 valence electrons. The van der Waals surface area contributed by atoms with Crippen LogP contribution in [0.25, 0.3) is 11.1 Å². The highest BCUT2D eigenvalue weighted by atomic mass is 16.5. The maximum atomic E-state index is 11.5. The summed E-state index contributed by atoms with van der Waals surface area (Å²) in [5, 5.41) is 0. The molecular formula is C18H18O3. The van der Waals surface area contributed by atoms with Gasteiger partial charge in [-0.05, 0) is 30.2 Å². The van der Waals surface area contributed by atoms with Gasteiger partial charge in [-0.2, -0.15) is 0 Å². The van der Waals surface area contributed by atoms with E-state index in [1.807, 2.05) is 49.4 Å². The van der Waals surface area contributed by atoms with E-state index in [0.717, 1.165) is 11.3 Å². The molecule has 3 heteroatoms. The summed E-state index contributed by atoms with van der Waals surface area (Å²) in [5.74, 6) is 0.902. The van der Waals surface area contributed by atoms with Gasteiger partial charge in [0.2, 0.25) is 0 Å². The SMILES string of the molecule is CCOC1C(=O)CC1Oc1ccc(-c2ccccc2)cc1. The summed E-state index contributed by atoms with van der Waals surface area (Å²) in [5.41, 5.74) is 2.32. The molecule has 0 N–H and O–H groups in total. The zero-order valence-corrected chi connectivity index (χ0v) is 12.0. The van der Waals surface area contributed by atoms with Crippen LogP contribution in [0.5, 0.6) is 5.75 Å². The molecular weight excluding hydrogens is 264 g/mol. The summed E-state index contributed by atoms with van der Waals surface area (Å²) >= 11 is 0. The minimum atomic E-state index is -0.399. The van der Waals surface area contributed by atoms with Crippen LogP contribution in [-0.2, 0) is 9.53 Å². The van der Waals surface area contributed by atoms with Gasteiger partial charge in [0.15, 0.2) is 11.9 Å². The Kier molecular flexibility index (Phi) is 4.02. The van der Waals surface area contributed by atoms with Gasteiger partial charge in [0.05, 0.1) is 0 Å². The van der Waals surface area contributed by atoms with Crippen LogP contribution in [0, 0.1) is 0 Å². The van der Waals surface area contributed by atoms with Crippen LogP contribution in [0.4, 0.5) is 0 Å². The highest BCUT2D eigenvalue weighted by Crippen LogP contribution is 2.27. The van der Waals surface area contributed by atoms with Crippen molar-refractivity contribution in [2.45, 2.75) is 25.6 Å². The quantitative estimate of drug-likeness (QED) is 0.842. The lowest BCUT2D eigenvalue weighted by Gasteiger charge is -2.34. The van der Waals surface area contributed by atoms with Gasteiger partial charge in [-0.3, -0.25) is 4.79 Å². The number of hydrogen-bond acceptors (Lipinski definition) is 3. The molecule has 0 bridgehead atoms. The van der Waals surface area contributed by atoms with E-state index in [1.54, 1.807) is 0 Å². The second-order valence-electron chi connectivity index (χ2n) is 5.09. The van der Waals surface area contributed by atoms with Gasteiger partial charge in [-0.1, -0.05) is 42.5 Å². The fourth-order valence-corrected chi connectivity index (χ4v) is 2.48. The molecule has 3 nitrogen and oxygen atoms in total. The van der Waals surface area contributed by atoms with Gasteiger partial charge in [-0.15, -0.1) is 0 Å². The van der Waals surface area contributed by atoms with Gasteiger partial charge in [0, 0.05) is 13.0 Å². The fourth-order valence-electron chi connectivity index (χ4n) is 2.48. The third-order valence-corrected chi connectivity index (χ3v) is 3.65. The molecule has 2 aromatic rings. The summed E-state index contributed by atoms with van der Waals surface area (Å²) in [6, 6.07) is 18.1. The molecule has 21 heavy (non-hydrogen) atoms. The maximum absolute atomic E-state index is 11.5. The van der Waals surface area contributed by atoms with E-state index in [4.69, 9.17) is 9.47 Å². The van der Waals surface area contributed by atoms with Crippen molar-refractivity contribution < 1.29 is 14.3 Å². The average Bonchev–Trinajstić information content (AvgIpc) is 2.54. The molecule has 0 amide bonds. The Balaban J connectivity index is 1.67. The number of carbonyl (C=O) groups excluding carboxylic acids is 1. The molecule has 2 atom stereocenters. The van der Waals surface area contributed by atoms with Crippen molar-refractivity contribution in [1.29, 1.82) is 0 Å². The van der Waals surface area contributed by atoms with Crippen LogP contribution >= 0.6 is 0 Å². The lowest BCUT2D eigenvalue weighted by atomic mass is 9.90. The first-order valence-electron chi connectivity index (χ1n) is 7.24. The third kappa shape index (κ3) is 2.98. The molecule has 2 aromatic carbocycles. The molecule has 0 aliphatic heterocycles. The van der Waals surface area contributed by atoms with Gasteiger partial charge >= 0.3 is 0 Å². The minimum absolute atomic E-state index is 0.128. The van der Waals surface area contributed by atoms with Crippen LogP contribution in [0.3, 0.4) is 0 Å². The second kappa shape index (κ2) is 6.10. The first-order chi connectivity index (χ1) is 10.3. The summed E-state index contributed by atoms with van der Waals surface area (Å²) in [6.07, 6.45) is -0.116. The predicted octanol–water partition coefficient (Wildman–Crippen LogP) is 3.48. The summed E-state index contributed by atoms with van der Waals surface area (Å²) in [6.45, 7) is 2.42. The molecule has 0 spiro atoms. The lowest BCUT2D eigenvalue weighted by Crippen LogP contribution is -2.52. The fraction of sp³-hybridized carbons (Fsp3) is 0.278. The summed E-state index contributed by atoms with van der Waals surface area (Å²) in [4.78, 5) is 11.5. The van der Waals surface area contributed by atoms with E-state index >= 15 is 0 Å². The normalized spacial score (nSPS) is 20.9. The largest absolute Gasteiger partial charge is 0.487 e. The summed E-state index contributed by atoms with van der Waals surface area (Å²) < 4.78 is 11.2. The van der Waals surface area contributed by atoms with Gasteiger partial charge in [0.25, 0.3) is 0 Å². The Morgan fingerprint density at radius 3 is 2.29 bits per heavy atom. The molecule has 0 aromatic heterocycles. The van der Waals surface area contributed by atoms with E-state index in [2.05, 4.69) is 12.1 Å². The number of ether oxygens (including phenoxy) is 2. The monoisotopic (exact) mass is 282 g/mol. The predicted molar refractivity (Wildman–Crippen MR) is 81.3 cm³/mol. The molecule has 1 aliphatic carbocycles. The van der Waals surface area contributed by atoms with Crippen molar-refractivity contribution in [1.82, 2.24) is 0 Å². The Labute approximate surface area is 124 Å². The highest BCUT2D eigenvalue weighted by Gasteiger charge is 2.42. The topological polar surface area (TPSA) is 35.5 Å². The van der Waals surface area contributed by atoms with E-state index < -0.39 is 6.10 Å². The van der Waals surface area contributed by atoms with Crippen molar-refractivity contribution in [2.75, 3.05) is 6.61 Å². The van der Waals surface area contributed by atoms with Crippen molar-refractivity contribution in [3.8, 4) is 16.9 Å². The number of carbonyl (C=O) groups is 1. The van der Waals surface area contributed by atoms with Gasteiger partial charge < -0.3 is 9.47 Å².